The standard InChI is InChI=1S/C17H21N3O.2CNS.2CH4O.Ni/c21-17-6-5-14-3-1-2-4-15(14)16(17)13-19-9-12-20-10-7-18-8-11-20;2*2-1-3;2*1-2;/h1-6,13,18,21H,7-12H2;;;2*2H,1H3;/q;2*-1;;;+3. The average molecular weight is 522 g/mol. The molecule has 0 aliphatic carbocycles. The zero-order valence-electron chi connectivity index (χ0n) is 18.1. The number of aliphatic hydroxyl groups is 2. The van der Waals surface area contributed by atoms with Crippen LogP contribution in [0.25, 0.3) is 21.6 Å². The minimum Gasteiger partial charge on any atom is -0.872 e. The number of benzene rings is 2. The summed E-state index contributed by atoms with van der Waals surface area (Å²) in [6, 6.07) is 11.5. The molecule has 32 heavy (non-hydrogen) atoms. The van der Waals surface area contributed by atoms with Crippen molar-refractivity contribution in [3.8, 4) is 5.75 Å². The third-order valence-corrected chi connectivity index (χ3v) is 4.00. The summed E-state index contributed by atoms with van der Waals surface area (Å²) in [5, 5.41) is 47.4. The second-order valence-corrected chi connectivity index (χ2v) is 5.99. The summed E-state index contributed by atoms with van der Waals surface area (Å²) in [4.78, 5) is 6.90. The average Bonchev–Trinajstić information content (AvgIpc) is 2.82. The summed E-state index contributed by atoms with van der Waals surface area (Å²) in [5.74, 6) is 0.0463. The van der Waals surface area contributed by atoms with E-state index in [4.69, 9.17) is 21.0 Å². The summed E-state index contributed by atoms with van der Waals surface area (Å²) in [5.41, 5.74) is 0.708. The fourth-order valence-corrected chi connectivity index (χ4v) is 2.79. The molecule has 1 fully saturated rings. The van der Waals surface area contributed by atoms with Crippen molar-refractivity contribution in [2.45, 2.75) is 0 Å². The van der Waals surface area contributed by atoms with Crippen LogP contribution in [0, 0.1) is 0 Å². The van der Waals surface area contributed by atoms with E-state index in [-0.39, 0.29) is 22.2 Å². The van der Waals surface area contributed by atoms with Crippen molar-refractivity contribution in [2.24, 2.45) is 4.99 Å². The molecule has 0 saturated carbocycles. The number of aliphatic imine (C=N–C) groups is 1. The SMILES string of the molecule is CO.CO.[N-]=C=S.[N-]=C=S.[Ni+3].[O-]c1ccc2ccccc2c1C=NCCN1CC[NH2+]CC1. The summed E-state index contributed by atoms with van der Waals surface area (Å²) < 4.78 is 0. The molecular weight excluding hydrogens is 493 g/mol. The molecule has 1 aliphatic heterocycles. The number of rotatable bonds is 4. The van der Waals surface area contributed by atoms with Gasteiger partial charge in [-0.3, -0.25) is 9.89 Å². The van der Waals surface area contributed by atoms with Gasteiger partial charge in [0.15, 0.2) is 0 Å². The number of hydrogen-bond donors (Lipinski definition) is 3. The topological polar surface area (TPSA) is 140 Å². The van der Waals surface area contributed by atoms with Crippen molar-refractivity contribution in [1.82, 2.24) is 4.90 Å². The zero-order valence-corrected chi connectivity index (χ0v) is 20.7. The first-order chi connectivity index (χ1) is 15.2. The Morgan fingerprint density at radius 1 is 1.06 bits per heavy atom. The molecule has 8 nitrogen and oxygen atoms in total. The molecule has 0 amide bonds. The molecule has 1 heterocycles. The number of piperazine rings is 1. The summed E-state index contributed by atoms with van der Waals surface area (Å²) in [6.45, 7) is 6.36. The number of thiocarbonyl (C=S) groups is 2. The van der Waals surface area contributed by atoms with Crippen LogP contribution in [0.4, 0.5) is 0 Å². The quantitative estimate of drug-likeness (QED) is 0.308. The van der Waals surface area contributed by atoms with Crippen molar-refractivity contribution in [3.63, 3.8) is 0 Å². The first-order valence-electron chi connectivity index (χ1n) is 9.32. The number of nitrogens with two attached hydrogens (primary N) is 1. The van der Waals surface area contributed by atoms with E-state index in [0.717, 1.165) is 51.2 Å². The number of aliphatic hydroxyl groups excluding tert-OH is 2. The van der Waals surface area contributed by atoms with Gasteiger partial charge in [-0.25, -0.2) is 0 Å². The number of fused-ring (bicyclic) bond motifs is 1. The van der Waals surface area contributed by atoms with Crippen molar-refractivity contribution >= 4 is 51.7 Å². The summed E-state index contributed by atoms with van der Waals surface area (Å²) in [6.07, 6.45) is 1.75. The molecule has 2 aromatic carbocycles. The summed E-state index contributed by atoms with van der Waals surface area (Å²) in [7, 11) is 2.00. The summed E-state index contributed by atoms with van der Waals surface area (Å²) >= 11 is 7.40. The van der Waals surface area contributed by atoms with Gasteiger partial charge in [0.2, 0.25) is 0 Å². The van der Waals surface area contributed by atoms with Crippen LogP contribution in [0.3, 0.4) is 0 Å². The third-order valence-electron chi connectivity index (χ3n) is 4.00. The Bertz CT molecular complexity index is 810. The van der Waals surface area contributed by atoms with E-state index in [9.17, 15) is 5.11 Å². The van der Waals surface area contributed by atoms with Crippen LogP contribution >= 0.6 is 24.4 Å². The van der Waals surface area contributed by atoms with Gasteiger partial charge < -0.3 is 31.5 Å². The molecule has 0 bridgehead atoms. The van der Waals surface area contributed by atoms with Crippen LogP contribution < -0.4 is 10.4 Å². The van der Waals surface area contributed by atoms with E-state index < -0.39 is 0 Å². The Morgan fingerprint density at radius 3 is 2.16 bits per heavy atom. The fourth-order valence-electron chi connectivity index (χ4n) is 2.79. The molecule has 4 N–H and O–H groups in total. The Balaban J connectivity index is -0.000000666. The zero-order chi connectivity index (χ0) is 23.9. The molecular formula is C21H29N5NiO3S2+. The van der Waals surface area contributed by atoms with Gasteiger partial charge in [-0.05, 0) is 16.3 Å². The van der Waals surface area contributed by atoms with E-state index in [1.807, 2.05) is 30.3 Å². The van der Waals surface area contributed by atoms with Gasteiger partial charge >= 0.3 is 16.5 Å². The van der Waals surface area contributed by atoms with Gasteiger partial charge in [-0.2, -0.15) is 10.3 Å². The minimum absolute atomic E-state index is 0. The Hall–Kier alpha value is -1.90. The Kier molecular flexibility index (Phi) is 27.5. The smallest absolute Gasteiger partial charge is 0.872 e. The van der Waals surface area contributed by atoms with Crippen LogP contribution in [0.1, 0.15) is 5.56 Å². The largest absolute Gasteiger partial charge is 3.00 e. The Morgan fingerprint density at radius 2 is 1.59 bits per heavy atom. The molecule has 2 aromatic rings. The molecule has 1 radical (unpaired) electrons. The monoisotopic (exact) mass is 521 g/mol. The van der Waals surface area contributed by atoms with Crippen molar-refractivity contribution in [3.05, 3.63) is 52.8 Å². The van der Waals surface area contributed by atoms with E-state index in [0.29, 0.717) is 5.56 Å². The van der Waals surface area contributed by atoms with E-state index in [1.54, 1.807) is 12.3 Å². The molecule has 0 unspecified atom stereocenters. The van der Waals surface area contributed by atoms with E-state index in [1.165, 1.54) is 23.4 Å². The second kappa shape index (κ2) is 25.4. The normalized spacial score (nSPS) is 11.9. The number of hydrogen-bond acceptors (Lipinski definition) is 7. The first-order valence-corrected chi connectivity index (χ1v) is 10.1. The molecule has 0 atom stereocenters. The minimum atomic E-state index is 0. The molecule has 11 heteroatoms. The third kappa shape index (κ3) is 15.0. The van der Waals surface area contributed by atoms with Gasteiger partial charge in [-0.15, -0.1) is 0 Å². The van der Waals surface area contributed by atoms with Crippen LogP contribution in [0.5, 0.6) is 5.75 Å². The van der Waals surface area contributed by atoms with Crippen LogP contribution in [-0.4, -0.2) is 85.1 Å². The van der Waals surface area contributed by atoms with E-state index >= 15 is 0 Å². The van der Waals surface area contributed by atoms with E-state index in [2.05, 4.69) is 39.6 Å². The molecule has 1 saturated heterocycles. The van der Waals surface area contributed by atoms with Crippen molar-refractivity contribution in [2.75, 3.05) is 53.5 Å². The van der Waals surface area contributed by atoms with Gasteiger partial charge in [-0.1, -0.05) is 66.6 Å². The number of quaternary nitrogens is 1. The second-order valence-electron chi connectivity index (χ2n) is 5.62. The van der Waals surface area contributed by atoms with Gasteiger partial charge in [0.1, 0.15) is 0 Å². The van der Waals surface area contributed by atoms with Crippen LogP contribution in [0.2, 0.25) is 0 Å². The molecule has 3 rings (SSSR count). The molecule has 0 aromatic heterocycles. The van der Waals surface area contributed by atoms with Gasteiger partial charge in [0.05, 0.1) is 19.6 Å². The maximum Gasteiger partial charge on any atom is 3.00 e. The van der Waals surface area contributed by atoms with Crippen molar-refractivity contribution in [1.29, 1.82) is 0 Å². The van der Waals surface area contributed by atoms with Crippen molar-refractivity contribution < 1.29 is 37.1 Å². The van der Waals surface area contributed by atoms with Gasteiger partial charge in [0, 0.05) is 40.1 Å². The maximum absolute atomic E-state index is 12.0. The number of nitrogens with zero attached hydrogens (tertiary/aromatic N) is 4. The van der Waals surface area contributed by atoms with Gasteiger partial charge in [0.25, 0.3) is 0 Å². The molecule has 0 spiro atoms. The predicted octanol–water partition coefficient (Wildman–Crippen LogP) is 0.743. The number of isothiocyanates is 2. The predicted molar refractivity (Wildman–Crippen MR) is 132 cm³/mol. The van der Waals surface area contributed by atoms with Crippen LogP contribution in [-0.2, 0) is 16.5 Å². The maximum atomic E-state index is 12.0. The molecule has 177 valence electrons. The first kappa shape index (κ1) is 34.7. The molecule has 1 aliphatic rings. The Labute approximate surface area is 210 Å². The fraction of sp³-hybridized carbons (Fsp3) is 0.381. The van der Waals surface area contributed by atoms with Crippen LogP contribution in [0.15, 0.2) is 41.4 Å².